The number of carboxylic acid groups (broad SMARTS) is 1. The highest BCUT2D eigenvalue weighted by atomic mass is 16.4. The van der Waals surface area contributed by atoms with E-state index in [4.69, 9.17) is 5.11 Å². The molecule has 0 aromatic carbocycles. The first-order valence-corrected chi connectivity index (χ1v) is 2.41. The summed E-state index contributed by atoms with van der Waals surface area (Å²) in [6.45, 7) is 0. The van der Waals surface area contributed by atoms with E-state index in [0.29, 0.717) is 0 Å². The summed E-state index contributed by atoms with van der Waals surface area (Å²) in [5.41, 5.74) is 12.8. The van der Waals surface area contributed by atoms with Crippen molar-refractivity contribution in [2.45, 2.75) is 0 Å². The highest BCUT2D eigenvalue weighted by molar-refractivity contribution is 6.33. The van der Waals surface area contributed by atoms with E-state index in [1.807, 2.05) is 0 Å². The van der Waals surface area contributed by atoms with Crippen LogP contribution >= 0.6 is 0 Å². The van der Waals surface area contributed by atoms with Gasteiger partial charge in [0.25, 0.3) is 0 Å². The zero-order valence-corrected chi connectivity index (χ0v) is 5.81. The molecule has 0 aliphatic rings. The van der Waals surface area contributed by atoms with Crippen LogP contribution < -0.4 is 17.2 Å². The number of hydrogen-bond acceptors (Lipinski definition) is 4. The SMILES string of the molecule is NC(=O)C(=O)O.NC(=O)C(N)=O. The van der Waals surface area contributed by atoms with Gasteiger partial charge in [0.05, 0.1) is 0 Å². The average Bonchev–Trinajstić information content (AvgIpc) is 1.88. The van der Waals surface area contributed by atoms with Gasteiger partial charge in [-0.2, -0.15) is 0 Å². The smallest absolute Gasteiger partial charge is 0.394 e. The molecular formula is C4H7N3O5. The third-order valence-electron chi connectivity index (χ3n) is 0.454. The molecule has 8 nitrogen and oxygen atoms in total. The van der Waals surface area contributed by atoms with E-state index in [9.17, 15) is 19.2 Å². The molecule has 68 valence electrons. The molecular weight excluding hydrogens is 170 g/mol. The van der Waals surface area contributed by atoms with Gasteiger partial charge in [0.15, 0.2) is 0 Å². The van der Waals surface area contributed by atoms with Crippen molar-refractivity contribution in [3.63, 3.8) is 0 Å². The second-order valence-corrected chi connectivity index (χ2v) is 1.40. The molecule has 0 spiro atoms. The number of primary amides is 3. The number of carboxylic acids is 1. The van der Waals surface area contributed by atoms with Gasteiger partial charge in [0, 0.05) is 0 Å². The fraction of sp³-hybridized carbons (Fsp3) is 0. The van der Waals surface area contributed by atoms with E-state index < -0.39 is 23.7 Å². The predicted octanol–water partition coefficient (Wildman–Crippen LogP) is -3.49. The Bertz CT molecular complexity index is 175. The van der Waals surface area contributed by atoms with Gasteiger partial charge < -0.3 is 22.3 Å². The van der Waals surface area contributed by atoms with Crippen LogP contribution in [0.5, 0.6) is 0 Å². The van der Waals surface area contributed by atoms with Crippen LogP contribution in [0.3, 0.4) is 0 Å². The summed E-state index contributed by atoms with van der Waals surface area (Å²) in [7, 11) is 0. The minimum atomic E-state index is -1.60. The van der Waals surface area contributed by atoms with E-state index in [1.54, 1.807) is 0 Å². The molecule has 0 radical (unpaired) electrons. The molecule has 12 heavy (non-hydrogen) atoms. The third kappa shape index (κ3) is 10.8. The first-order valence-electron chi connectivity index (χ1n) is 2.41. The fourth-order valence-electron chi connectivity index (χ4n) is 0. The van der Waals surface area contributed by atoms with Crippen LogP contribution in [0.25, 0.3) is 0 Å². The maximum Gasteiger partial charge on any atom is 0.394 e. The van der Waals surface area contributed by atoms with Crippen LogP contribution in [-0.4, -0.2) is 28.8 Å². The molecule has 0 unspecified atom stereocenters. The Balaban J connectivity index is 0. The van der Waals surface area contributed by atoms with Crippen molar-refractivity contribution in [1.82, 2.24) is 0 Å². The Labute approximate surface area is 66.3 Å². The van der Waals surface area contributed by atoms with Gasteiger partial charge in [-0.15, -0.1) is 0 Å². The zero-order chi connectivity index (χ0) is 10.3. The van der Waals surface area contributed by atoms with E-state index in [2.05, 4.69) is 17.2 Å². The van der Waals surface area contributed by atoms with Crippen molar-refractivity contribution in [2.24, 2.45) is 17.2 Å². The van der Waals surface area contributed by atoms with E-state index in [0.717, 1.165) is 0 Å². The molecule has 8 heteroatoms. The van der Waals surface area contributed by atoms with Crippen LogP contribution in [0, 0.1) is 0 Å². The number of hydrogen-bond donors (Lipinski definition) is 4. The lowest BCUT2D eigenvalue weighted by atomic mass is 10.6. The van der Waals surface area contributed by atoms with Gasteiger partial charge in [0.2, 0.25) is 0 Å². The number of amides is 3. The Kier molecular flexibility index (Phi) is 5.91. The number of rotatable bonds is 0. The van der Waals surface area contributed by atoms with Gasteiger partial charge in [-0.3, -0.25) is 14.4 Å². The summed E-state index contributed by atoms with van der Waals surface area (Å²) in [6, 6.07) is 0. The summed E-state index contributed by atoms with van der Waals surface area (Å²) in [5, 5.41) is 7.52. The summed E-state index contributed by atoms with van der Waals surface area (Å²) in [5.74, 6) is -5.13. The Morgan fingerprint density at radius 3 is 0.917 bits per heavy atom. The van der Waals surface area contributed by atoms with Crippen LogP contribution in [0.2, 0.25) is 0 Å². The Hall–Kier alpha value is -2.12. The molecule has 0 fully saturated rings. The first-order chi connectivity index (χ1) is 5.29. The molecule has 0 bridgehead atoms. The molecule has 7 N–H and O–H groups in total. The van der Waals surface area contributed by atoms with Crippen molar-refractivity contribution in [1.29, 1.82) is 0 Å². The minimum absolute atomic E-state index is 1.10. The van der Waals surface area contributed by atoms with Gasteiger partial charge in [-0.1, -0.05) is 0 Å². The maximum atomic E-state index is 9.45. The Morgan fingerprint density at radius 2 is 0.917 bits per heavy atom. The molecule has 0 rings (SSSR count). The highest BCUT2D eigenvalue weighted by Crippen LogP contribution is 1.51. The van der Waals surface area contributed by atoms with Crippen LogP contribution in [-0.2, 0) is 19.2 Å². The lowest BCUT2D eigenvalue weighted by Gasteiger charge is -1.75. The van der Waals surface area contributed by atoms with Crippen LogP contribution in [0.4, 0.5) is 0 Å². The lowest BCUT2D eigenvalue weighted by molar-refractivity contribution is -0.148. The fourth-order valence-corrected chi connectivity index (χ4v) is 0. The summed E-state index contributed by atoms with van der Waals surface area (Å²) in [6.07, 6.45) is 0. The highest BCUT2D eigenvalue weighted by Gasteiger charge is 2.00. The molecule has 0 atom stereocenters. The normalized spacial score (nSPS) is 7.33. The average molecular weight is 177 g/mol. The van der Waals surface area contributed by atoms with Crippen molar-refractivity contribution < 1.29 is 24.3 Å². The number of carbonyl (C=O) groups is 4. The summed E-state index contributed by atoms with van der Waals surface area (Å²) < 4.78 is 0. The van der Waals surface area contributed by atoms with Crippen LogP contribution in [0.15, 0.2) is 0 Å². The van der Waals surface area contributed by atoms with Gasteiger partial charge in [-0.05, 0) is 0 Å². The predicted molar refractivity (Wildman–Crippen MR) is 35.2 cm³/mol. The van der Waals surface area contributed by atoms with Crippen LogP contribution in [0.1, 0.15) is 0 Å². The first kappa shape index (κ1) is 12.5. The molecule has 0 heterocycles. The number of nitrogens with two attached hydrogens (primary N) is 3. The van der Waals surface area contributed by atoms with Crippen molar-refractivity contribution in [3.8, 4) is 0 Å². The third-order valence-corrected chi connectivity index (χ3v) is 0.454. The van der Waals surface area contributed by atoms with E-state index in [1.165, 1.54) is 0 Å². The quantitative estimate of drug-likeness (QED) is 0.281. The second kappa shape index (κ2) is 5.65. The standard InChI is InChI=1S/C2H4N2O2.C2H3NO3/c3-1(5)2(4)6;3-1(4)2(5)6/h(H2,3,5)(H2,4,6);(H2,3,4)(H,5,6). The molecule has 0 saturated carbocycles. The molecule has 0 aromatic heterocycles. The van der Waals surface area contributed by atoms with Crippen molar-refractivity contribution in [2.75, 3.05) is 0 Å². The number of aliphatic carboxylic acids is 1. The van der Waals surface area contributed by atoms with E-state index >= 15 is 0 Å². The van der Waals surface area contributed by atoms with Gasteiger partial charge in [-0.25, -0.2) is 4.79 Å². The van der Waals surface area contributed by atoms with Gasteiger partial charge in [0.1, 0.15) is 0 Å². The number of carbonyl (C=O) groups excluding carboxylic acids is 3. The zero-order valence-electron chi connectivity index (χ0n) is 5.81. The molecule has 0 aromatic rings. The summed E-state index contributed by atoms with van der Waals surface area (Å²) >= 11 is 0. The monoisotopic (exact) mass is 177 g/mol. The van der Waals surface area contributed by atoms with Crippen molar-refractivity contribution >= 4 is 23.7 Å². The van der Waals surface area contributed by atoms with Crippen molar-refractivity contribution in [3.05, 3.63) is 0 Å². The second-order valence-electron chi connectivity index (χ2n) is 1.40. The lowest BCUT2D eigenvalue weighted by Crippen LogP contribution is -2.29. The van der Waals surface area contributed by atoms with Gasteiger partial charge >= 0.3 is 23.7 Å². The topological polar surface area (TPSA) is 167 Å². The maximum absolute atomic E-state index is 9.45. The minimum Gasteiger partial charge on any atom is -0.474 e. The molecule has 0 aliphatic heterocycles. The summed E-state index contributed by atoms with van der Waals surface area (Å²) in [4.78, 5) is 37.4. The molecule has 3 amide bonds. The molecule has 0 saturated heterocycles. The Morgan fingerprint density at radius 1 is 0.750 bits per heavy atom. The van der Waals surface area contributed by atoms with E-state index in [-0.39, 0.29) is 0 Å². The largest absolute Gasteiger partial charge is 0.474 e. The molecule has 0 aliphatic carbocycles.